The zero-order valence-electron chi connectivity index (χ0n) is 18.0. The van der Waals surface area contributed by atoms with Crippen molar-refractivity contribution in [2.24, 2.45) is 11.8 Å². The van der Waals surface area contributed by atoms with Gasteiger partial charge in [-0.05, 0) is 62.8 Å². The number of aliphatic hydroxyl groups is 1. The highest BCUT2D eigenvalue weighted by atomic mass is 16.5. The predicted molar refractivity (Wildman–Crippen MR) is 120 cm³/mol. The molecule has 6 nitrogen and oxygen atoms in total. The topological polar surface area (TPSA) is 71.4 Å². The molecule has 2 aromatic heterocycles. The summed E-state index contributed by atoms with van der Waals surface area (Å²) in [6.45, 7) is 5.75. The highest BCUT2D eigenvalue weighted by Gasteiger charge is 2.43. The van der Waals surface area contributed by atoms with Gasteiger partial charge in [-0.15, -0.1) is 10.2 Å². The Hall–Kier alpha value is -2.99. The molecule has 1 aliphatic heterocycles. The van der Waals surface area contributed by atoms with Gasteiger partial charge in [-0.1, -0.05) is 30.3 Å². The number of fused-ring (bicyclic) bond motifs is 1. The van der Waals surface area contributed by atoms with E-state index in [2.05, 4.69) is 26.1 Å². The quantitative estimate of drug-likeness (QED) is 0.697. The molecular formula is C25H28N4O2. The molecule has 1 N–H and O–H groups in total. The number of hydrogen-bond acceptors (Lipinski definition) is 6. The molecule has 0 amide bonds. The molecule has 1 aliphatic carbocycles. The normalized spacial score (nSPS) is 25.3. The van der Waals surface area contributed by atoms with Gasteiger partial charge in [0.2, 0.25) is 0 Å². The first-order valence-electron chi connectivity index (χ1n) is 11.0. The fourth-order valence-corrected chi connectivity index (χ4v) is 4.92. The zero-order chi connectivity index (χ0) is 21.4. The van der Waals surface area contributed by atoms with E-state index in [1.54, 1.807) is 0 Å². The highest BCUT2D eigenvalue weighted by molar-refractivity contribution is 5.59. The number of aryl methyl sites for hydroxylation is 2. The summed E-state index contributed by atoms with van der Waals surface area (Å²) in [4.78, 5) is 6.78. The molecule has 3 heterocycles. The van der Waals surface area contributed by atoms with Crippen molar-refractivity contribution in [3.63, 3.8) is 0 Å². The smallest absolute Gasteiger partial charge is 0.151 e. The lowest BCUT2D eigenvalue weighted by Crippen LogP contribution is -2.42. The second kappa shape index (κ2) is 8.27. The molecule has 2 fully saturated rings. The number of ether oxygens (including phenoxy) is 1. The SMILES string of the molecule is Cc1ccc(O[C@@H]2C[C@@H]3CN(c4ccc(-c5ccccc5)nn4)C[C@@H]3C[C@H]2O)c(C)n1. The molecule has 5 rings (SSSR count). The van der Waals surface area contributed by atoms with Gasteiger partial charge in [0.15, 0.2) is 5.82 Å². The lowest BCUT2D eigenvalue weighted by molar-refractivity contribution is -0.0236. The van der Waals surface area contributed by atoms with Crippen LogP contribution in [-0.2, 0) is 0 Å². The third-order valence-electron chi connectivity index (χ3n) is 6.58. The van der Waals surface area contributed by atoms with E-state index in [1.165, 1.54) is 0 Å². The third-order valence-corrected chi connectivity index (χ3v) is 6.58. The Morgan fingerprint density at radius 1 is 0.903 bits per heavy atom. The molecule has 0 radical (unpaired) electrons. The summed E-state index contributed by atoms with van der Waals surface area (Å²) < 4.78 is 6.21. The van der Waals surface area contributed by atoms with Crippen molar-refractivity contribution in [1.82, 2.24) is 15.2 Å². The van der Waals surface area contributed by atoms with Crippen LogP contribution in [0, 0.1) is 25.7 Å². The van der Waals surface area contributed by atoms with Crippen LogP contribution in [0.15, 0.2) is 54.6 Å². The van der Waals surface area contributed by atoms with Crippen LogP contribution in [0.2, 0.25) is 0 Å². The van der Waals surface area contributed by atoms with Gasteiger partial charge < -0.3 is 14.7 Å². The van der Waals surface area contributed by atoms with Gasteiger partial charge in [-0.3, -0.25) is 4.98 Å². The molecule has 160 valence electrons. The van der Waals surface area contributed by atoms with Gasteiger partial charge in [0.05, 0.1) is 17.5 Å². The number of nitrogens with zero attached hydrogens (tertiary/aromatic N) is 4. The van der Waals surface area contributed by atoms with Crippen molar-refractivity contribution >= 4 is 5.82 Å². The number of aliphatic hydroxyl groups excluding tert-OH is 1. The second-order valence-electron chi connectivity index (χ2n) is 8.80. The fraction of sp³-hybridized carbons (Fsp3) is 0.400. The van der Waals surface area contributed by atoms with Gasteiger partial charge in [0, 0.05) is 24.3 Å². The van der Waals surface area contributed by atoms with E-state index in [0.717, 1.165) is 60.1 Å². The molecule has 4 atom stereocenters. The minimum absolute atomic E-state index is 0.198. The summed E-state index contributed by atoms with van der Waals surface area (Å²) in [7, 11) is 0. The molecule has 31 heavy (non-hydrogen) atoms. The molecule has 0 spiro atoms. The monoisotopic (exact) mass is 416 g/mol. The minimum atomic E-state index is -0.464. The number of anilines is 1. The molecule has 1 saturated carbocycles. The first kappa shape index (κ1) is 19.9. The minimum Gasteiger partial charge on any atom is -0.486 e. The van der Waals surface area contributed by atoms with E-state index in [0.29, 0.717) is 11.8 Å². The molecule has 3 aromatic rings. The van der Waals surface area contributed by atoms with Crippen LogP contribution in [0.4, 0.5) is 5.82 Å². The maximum Gasteiger partial charge on any atom is 0.151 e. The maximum absolute atomic E-state index is 10.8. The van der Waals surface area contributed by atoms with Crippen LogP contribution >= 0.6 is 0 Å². The first-order chi connectivity index (χ1) is 15.1. The van der Waals surface area contributed by atoms with E-state index < -0.39 is 6.10 Å². The van der Waals surface area contributed by atoms with E-state index in [1.807, 2.05) is 62.4 Å². The van der Waals surface area contributed by atoms with Crippen molar-refractivity contribution in [3.8, 4) is 17.0 Å². The molecule has 2 aliphatic rings. The van der Waals surface area contributed by atoms with E-state index in [-0.39, 0.29) is 6.10 Å². The Morgan fingerprint density at radius 3 is 2.39 bits per heavy atom. The van der Waals surface area contributed by atoms with E-state index in [4.69, 9.17) is 4.74 Å². The number of pyridine rings is 1. The van der Waals surface area contributed by atoms with Crippen molar-refractivity contribution in [2.45, 2.75) is 38.9 Å². The van der Waals surface area contributed by atoms with Crippen molar-refractivity contribution in [3.05, 3.63) is 66.0 Å². The Labute approximate surface area is 182 Å². The Balaban J connectivity index is 1.26. The third kappa shape index (κ3) is 4.12. The number of benzene rings is 1. The summed E-state index contributed by atoms with van der Waals surface area (Å²) in [6, 6.07) is 18.1. The highest BCUT2D eigenvalue weighted by Crippen LogP contribution is 2.39. The number of aromatic nitrogens is 3. The van der Waals surface area contributed by atoms with Crippen molar-refractivity contribution in [2.75, 3.05) is 18.0 Å². The van der Waals surface area contributed by atoms with Crippen LogP contribution in [0.1, 0.15) is 24.2 Å². The molecule has 0 bridgehead atoms. The molecule has 0 unspecified atom stereocenters. The zero-order valence-corrected chi connectivity index (χ0v) is 18.0. The van der Waals surface area contributed by atoms with Gasteiger partial charge >= 0.3 is 0 Å². The summed E-state index contributed by atoms with van der Waals surface area (Å²) in [5, 5.41) is 19.7. The molecule has 1 aromatic carbocycles. The summed E-state index contributed by atoms with van der Waals surface area (Å²) in [5.41, 5.74) is 3.80. The van der Waals surface area contributed by atoms with Gasteiger partial charge in [0.1, 0.15) is 11.9 Å². The lowest BCUT2D eigenvalue weighted by Gasteiger charge is -2.35. The largest absolute Gasteiger partial charge is 0.486 e. The average Bonchev–Trinajstić information content (AvgIpc) is 3.19. The molecular weight excluding hydrogens is 388 g/mol. The predicted octanol–water partition coefficient (Wildman–Crippen LogP) is 3.81. The van der Waals surface area contributed by atoms with Gasteiger partial charge in [-0.25, -0.2) is 0 Å². The summed E-state index contributed by atoms with van der Waals surface area (Å²) in [6.07, 6.45) is 0.926. The standard InChI is InChI=1S/C25H28N4O2/c1-16-8-10-23(17(2)26-16)31-24-13-20-15-29(14-19(20)12-22(24)30)25-11-9-21(27-28-25)18-6-4-3-5-7-18/h3-11,19-20,22,24,30H,12-15H2,1-2H3/t19-,20+,22+,24+/m0/s1. The van der Waals surface area contributed by atoms with E-state index in [9.17, 15) is 5.11 Å². The maximum atomic E-state index is 10.8. The average molecular weight is 417 g/mol. The lowest BCUT2D eigenvalue weighted by atomic mass is 9.78. The van der Waals surface area contributed by atoms with Crippen LogP contribution < -0.4 is 9.64 Å². The Bertz CT molecular complexity index is 1040. The van der Waals surface area contributed by atoms with Crippen molar-refractivity contribution < 1.29 is 9.84 Å². The Kier molecular flexibility index (Phi) is 5.32. The van der Waals surface area contributed by atoms with Crippen LogP contribution in [0.3, 0.4) is 0 Å². The summed E-state index contributed by atoms with van der Waals surface area (Å²) in [5.74, 6) is 2.59. The first-order valence-corrected chi connectivity index (χ1v) is 11.0. The second-order valence-corrected chi connectivity index (χ2v) is 8.80. The van der Waals surface area contributed by atoms with Crippen LogP contribution in [0.5, 0.6) is 5.75 Å². The Morgan fingerprint density at radius 2 is 1.68 bits per heavy atom. The van der Waals surface area contributed by atoms with Crippen LogP contribution in [-0.4, -0.2) is 45.6 Å². The fourth-order valence-electron chi connectivity index (χ4n) is 4.92. The van der Waals surface area contributed by atoms with E-state index >= 15 is 0 Å². The number of hydrogen-bond donors (Lipinski definition) is 1. The van der Waals surface area contributed by atoms with Gasteiger partial charge in [0.25, 0.3) is 0 Å². The van der Waals surface area contributed by atoms with Crippen molar-refractivity contribution in [1.29, 1.82) is 0 Å². The molecule has 1 saturated heterocycles. The van der Waals surface area contributed by atoms with Crippen LogP contribution in [0.25, 0.3) is 11.3 Å². The summed E-state index contributed by atoms with van der Waals surface area (Å²) >= 11 is 0. The molecule has 6 heteroatoms. The number of rotatable bonds is 4. The van der Waals surface area contributed by atoms with Gasteiger partial charge in [-0.2, -0.15) is 0 Å².